The molecule has 1 N–H and O–H groups in total. The fraction of sp³-hybridized carbons (Fsp3) is 0.538. The zero-order valence-corrected chi connectivity index (χ0v) is 11.1. The Balaban J connectivity index is 1.73. The van der Waals surface area contributed by atoms with Crippen LogP contribution in [0.3, 0.4) is 0 Å². The largest absolute Gasteiger partial charge is 0.334 e. The molecule has 0 fully saturated rings. The third-order valence-corrected chi connectivity index (χ3v) is 2.88. The van der Waals surface area contributed by atoms with Gasteiger partial charge in [-0.05, 0) is 12.5 Å². The molecular weight excluding hydrogens is 226 g/mol. The number of hydrogen-bond donors (Lipinski definition) is 1. The molecule has 5 heteroatoms. The third-order valence-electron chi connectivity index (χ3n) is 2.88. The lowest BCUT2D eigenvalue weighted by molar-refractivity contribution is 0.586. The smallest absolute Gasteiger partial charge is 0.122 e. The highest BCUT2D eigenvalue weighted by molar-refractivity contribution is 4.99. The van der Waals surface area contributed by atoms with Gasteiger partial charge in [0.25, 0.3) is 0 Å². The Bertz CT molecular complexity index is 471. The van der Waals surface area contributed by atoms with Crippen LogP contribution in [0.1, 0.15) is 24.9 Å². The van der Waals surface area contributed by atoms with Crippen LogP contribution in [-0.2, 0) is 26.6 Å². The molecule has 0 bridgehead atoms. The summed E-state index contributed by atoms with van der Waals surface area (Å²) < 4.78 is 4.04. The molecule has 0 radical (unpaired) electrons. The van der Waals surface area contributed by atoms with Crippen molar-refractivity contribution in [1.29, 1.82) is 0 Å². The number of aryl methyl sites for hydroxylation is 2. The van der Waals surface area contributed by atoms with Gasteiger partial charge in [-0.25, -0.2) is 4.98 Å². The highest BCUT2D eigenvalue weighted by Crippen LogP contribution is 1.99. The average Bonchev–Trinajstić information content (AvgIpc) is 2.95. The molecule has 0 aliphatic carbocycles. The molecule has 0 spiro atoms. The van der Waals surface area contributed by atoms with E-state index in [2.05, 4.69) is 33.0 Å². The van der Waals surface area contributed by atoms with Gasteiger partial charge < -0.3 is 9.88 Å². The van der Waals surface area contributed by atoms with Gasteiger partial charge in [-0.1, -0.05) is 6.92 Å². The maximum absolute atomic E-state index is 4.36. The maximum atomic E-state index is 4.36. The van der Waals surface area contributed by atoms with Crippen LogP contribution >= 0.6 is 0 Å². The lowest BCUT2D eigenvalue weighted by atomic mass is 10.3. The number of imidazole rings is 1. The Labute approximate surface area is 108 Å². The van der Waals surface area contributed by atoms with Crippen molar-refractivity contribution in [3.8, 4) is 0 Å². The van der Waals surface area contributed by atoms with Crippen molar-refractivity contribution in [2.75, 3.05) is 6.54 Å². The Hall–Kier alpha value is -1.62. The molecule has 0 aromatic carbocycles. The van der Waals surface area contributed by atoms with Crippen molar-refractivity contribution < 1.29 is 0 Å². The zero-order valence-electron chi connectivity index (χ0n) is 11.1. The maximum Gasteiger partial charge on any atom is 0.122 e. The molecule has 18 heavy (non-hydrogen) atoms. The van der Waals surface area contributed by atoms with E-state index in [1.54, 1.807) is 0 Å². The predicted molar refractivity (Wildman–Crippen MR) is 71.1 cm³/mol. The fourth-order valence-electron chi connectivity index (χ4n) is 1.96. The standard InChI is InChI=1S/C13H21N5/c1-3-8-18-10-7-15-13(18)11-14-6-4-12-5-9-17(2)16-12/h5,7,9-10,14H,3-4,6,8,11H2,1-2H3. The second-order valence-corrected chi connectivity index (χ2v) is 4.44. The minimum atomic E-state index is 0.819. The molecule has 2 heterocycles. The van der Waals surface area contributed by atoms with Crippen molar-refractivity contribution in [2.24, 2.45) is 7.05 Å². The van der Waals surface area contributed by atoms with E-state index < -0.39 is 0 Å². The predicted octanol–water partition coefficient (Wildman–Crippen LogP) is 1.36. The van der Waals surface area contributed by atoms with Gasteiger partial charge in [0.15, 0.2) is 0 Å². The first-order valence-corrected chi connectivity index (χ1v) is 6.49. The summed E-state index contributed by atoms with van der Waals surface area (Å²) in [5.41, 5.74) is 1.13. The van der Waals surface area contributed by atoms with Gasteiger partial charge in [-0.2, -0.15) is 5.10 Å². The first-order valence-electron chi connectivity index (χ1n) is 6.49. The van der Waals surface area contributed by atoms with Gasteiger partial charge in [0.1, 0.15) is 5.82 Å². The van der Waals surface area contributed by atoms with E-state index >= 15 is 0 Å². The molecule has 0 saturated carbocycles. The van der Waals surface area contributed by atoms with Crippen molar-refractivity contribution in [1.82, 2.24) is 24.6 Å². The van der Waals surface area contributed by atoms with Crippen LogP contribution in [0.5, 0.6) is 0 Å². The minimum Gasteiger partial charge on any atom is -0.334 e. The summed E-state index contributed by atoms with van der Waals surface area (Å²) in [4.78, 5) is 4.36. The van der Waals surface area contributed by atoms with Crippen LogP contribution in [0.15, 0.2) is 24.7 Å². The molecule has 0 unspecified atom stereocenters. The molecule has 2 aromatic rings. The first kappa shape index (κ1) is 12.8. The Morgan fingerprint density at radius 1 is 1.33 bits per heavy atom. The van der Waals surface area contributed by atoms with Gasteiger partial charge >= 0.3 is 0 Å². The van der Waals surface area contributed by atoms with Gasteiger partial charge in [-0.15, -0.1) is 0 Å². The van der Waals surface area contributed by atoms with E-state index in [0.29, 0.717) is 0 Å². The number of nitrogens with zero attached hydrogens (tertiary/aromatic N) is 4. The van der Waals surface area contributed by atoms with Gasteiger partial charge in [0, 0.05) is 45.1 Å². The average molecular weight is 247 g/mol. The van der Waals surface area contributed by atoms with Crippen LogP contribution in [0.4, 0.5) is 0 Å². The molecule has 2 aromatic heterocycles. The van der Waals surface area contributed by atoms with Crippen molar-refractivity contribution in [3.05, 3.63) is 36.2 Å². The molecule has 0 aliphatic rings. The van der Waals surface area contributed by atoms with Crippen LogP contribution in [-0.4, -0.2) is 25.9 Å². The monoisotopic (exact) mass is 247 g/mol. The number of hydrogen-bond acceptors (Lipinski definition) is 3. The number of rotatable bonds is 7. The summed E-state index contributed by atoms with van der Waals surface area (Å²) in [5.74, 6) is 1.11. The quantitative estimate of drug-likeness (QED) is 0.752. The van der Waals surface area contributed by atoms with Gasteiger partial charge in [0.2, 0.25) is 0 Å². The summed E-state index contributed by atoms with van der Waals surface area (Å²) in [6.45, 7) is 4.96. The van der Waals surface area contributed by atoms with E-state index in [1.165, 1.54) is 0 Å². The van der Waals surface area contributed by atoms with Crippen molar-refractivity contribution >= 4 is 0 Å². The highest BCUT2D eigenvalue weighted by atomic mass is 15.2. The van der Waals surface area contributed by atoms with Gasteiger partial charge in [0.05, 0.1) is 12.2 Å². The van der Waals surface area contributed by atoms with Crippen LogP contribution in [0.25, 0.3) is 0 Å². The Morgan fingerprint density at radius 3 is 2.94 bits per heavy atom. The SMILES string of the molecule is CCCn1ccnc1CNCCc1ccn(C)n1. The molecule has 98 valence electrons. The lowest BCUT2D eigenvalue weighted by Crippen LogP contribution is -2.19. The van der Waals surface area contributed by atoms with Gasteiger partial charge in [-0.3, -0.25) is 4.68 Å². The number of aromatic nitrogens is 4. The molecule has 2 rings (SSSR count). The number of nitrogens with one attached hydrogen (secondary N) is 1. The minimum absolute atomic E-state index is 0.819. The molecule has 0 aliphatic heterocycles. The molecule has 0 amide bonds. The summed E-state index contributed by atoms with van der Waals surface area (Å²) in [6, 6.07) is 2.06. The normalized spacial score (nSPS) is 11.0. The van der Waals surface area contributed by atoms with Crippen molar-refractivity contribution in [3.63, 3.8) is 0 Å². The molecule has 5 nitrogen and oxygen atoms in total. The topological polar surface area (TPSA) is 47.7 Å². The second-order valence-electron chi connectivity index (χ2n) is 4.44. The molecular formula is C13H21N5. The highest BCUT2D eigenvalue weighted by Gasteiger charge is 2.01. The Morgan fingerprint density at radius 2 is 2.22 bits per heavy atom. The summed E-state index contributed by atoms with van der Waals surface area (Å²) in [7, 11) is 1.94. The summed E-state index contributed by atoms with van der Waals surface area (Å²) >= 11 is 0. The zero-order chi connectivity index (χ0) is 12.8. The van der Waals surface area contributed by atoms with E-state index in [-0.39, 0.29) is 0 Å². The Kier molecular flexibility index (Phi) is 4.52. The van der Waals surface area contributed by atoms with E-state index in [1.807, 2.05) is 30.3 Å². The van der Waals surface area contributed by atoms with E-state index in [0.717, 1.165) is 44.0 Å². The molecule has 0 saturated heterocycles. The fourth-order valence-corrected chi connectivity index (χ4v) is 1.96. The van der Waals surface area contributed by atoms with Crippen LogP contribution in [0.2, 0.25) is 0 Å². The van der Waals surface area contributed by atoms with E-state index in [9.17, 15) is 0 Å². The lowest BCUT2D eigenvalue weighted by Gasteiger charge is -2.07. The first-order chi connectivity index (χ1) is 8.79. The van der Waals surface area contributed by atoms with Crippen LogP contribution < -0.4 is 5.32 Å². The van der Waals surface area contributed by atoms with E-state index in [4.69, 9.17) is 0 Å². The van der Waals surface area contributed by atoms with Crippen molar-refractivity contribution in [2.45, 2.75) is 32.9 Å². The summed E-state index contributed by atoms with van der Waals surface area (Å²) in [6.07, 6.45) is 7.97. The second kappa shape index (κ2) is 6.35. The summed E-state index contributed by atoms with van der Waals surface area (Å²) in [5, 5.41) is 7.76. The van der Waals surface area contributed by atoms with Crippen LogP contribution in [0, 0.1) is 0 Å². The third kappa shape index (κ3) is 3.43. The molecule has 0 atom stereocenters.